The number of benzene rings is 1. The van der Waals surface area contributed by atoms with E-state index in [1.54, 1.807) is 0 Å². The summed E-state index contributed by atoms with van der Waals surface area (Å²) >= 11 is 0. The highest BCUT2D eigenvalue weighted by molar-refractivity contribution is 5.80. The fourth-order valence-corrected chi connectivity index (χ4v) is 1.14. The Bertz CT molecular complexity index is 455. The maximum absolute atomic E-state index is 13.3. The van der Waals surface area contributed by atoms with Gasteiger partial charge in [-0.05, 0) is 19.9 Å². The molecule has 1 aromatic carbocycles. The zero-order valence-electron chi connectivity index (χ0n) is 8.44. The van der Waals surface area contributed by atoms with Gasteiger partial charge in [0.1, 0.15) is 0 Å². The molecule has 88 valence electrons. The molecule has 0 spiro atoms. The number of hydrogen-bond acceptors (Lipinski definition) is 1. The second kappa shape index (κ2) is 3.77. The molecular formula is C10H8F4O2. The van der Waals surface area contributed by atoms with Gasteiger partial charge in [0, 0.05) is 5.56 Å². The minimum atomic E-state index is -2.01. The van der Waals surface area contributed by atoms with E-state index in [0.717, 1.165) is 13.8 Å². The first-order valence-corrected chi connectivity index (χ1v) is 4.26. The lowest BCUT2D eigenvalue weighted by Crippen LogP contribution is -2.30. The lowest BCUT2D eigenvalue weighted by Gasteiger charge is -2.20. The number of halogens is 4. The molecule has 0 bridgehead atoms. The third-order valence-corrected chi connectivity index (χ3v) is 2.31. The molecule has 2 nitrogen and oxygen atoms in total. The molecule has 0 unspecified atom stereocenters. The summed E-state index contributed by atoms with van der Waals surface area (Å²) in [4.78, 5) is 10.8. The summed E-state index contributed by atoms with van der Waals surface area (Å²) in [5.41, 5.74) is -2.59. The Morgan fingerprint density at radius 1 is 1.12 bits per heavy atom. The monoisotopic (exact) mass is 236 g/mol. The molecule has 0 aliphatic heterocycles. The maximum Gasteiger partial charge on any atom is 0.313 e. The van der Waals surface area contributed by atoms with Crippen LogP contribution in [0.1, 0.15) is 19.4 Å². The highest BCUT2D eigenvalue weighted by Crippen LogP contribution is 2.29. The van der Waals surface area contributed by atoms with Gasteiger partial charge in [0.15, 0.2) is 23.3 Å². The quantitative estimate of drug-likeness (QED) is 0.487. The van der Waals surface area contributed by atoms with Crippen molar-refractivity contribution in [3.05, 3.63) is 34.9 Å². The van der Waals surface area contributed by atoms with Gasteiger partial charge < -0.3 is 5.11 Å². The smallest absolute Gasteiger partial charge is 0.313 e. The lowest BCUT2D eigenvalue weighted by molar-refractivity contribution is -0.142. The predicted octanol–water partition coefficient (Wildman–Crippen LogP) is 2.61. The van der Waals surface area contributed by atoms with E-state index in [4.69, 9.17) is 5.11 Å². The van der Waals surface area contributed by atoms with Crippen LogP contribution in [0.2, 0.25) is 0 Å². The summed E-state index contributed by atoms with van der Waals surface area (Å²) < 4.78 is 51.6. The van der Waals surface area contributed by atoms with Gasteiger partial charge in [0.2, 0.25) is 0 Å². The van der Waals surface area contributed by atoms with Crippen LogP contribution in [0.3, 0.4) is 0 Å². The Labute approximate surface area is 88.5 Å². The molecule has 1 aromatic rings. The zero-order chi connectivity index (χ0) is 12.7. The van der Waals surface area contributed by atoms with Crippen LogP contribution in [0.4, 0.5) is 17.6 Å². The second-order valence-electron chi connectivity index (χ2n) is 3.78. The molecule has 0 heterocycles. The summed E-state index contributed by atoms with van der Waals surface area (Å²) in [6, 6.07) is 0.349. The molecule has 1 rings (SSSR count). The largest absolute Gasteiger partial charge is 0.481 e. The van der Waals surface area contributed by atoms with Crippen molar-refractivity contribution in [1.29, 1.82) is 0 Å². The van der Waals surface area contributed by atoms with E-state index in [9.17, 15) is 22.4 Å². The molecule has 0 amide bonds. The second-order valence-corrected chi connectivity index (χ2v) is 3.78. The molecular weight excluding hydrogens is 228 g/mol. The first kappa shape index (κ1) is 12.5. The minimum Gasteiger partial charge on any atom is -0.481 e. The molecule has 1 N–H and O–H groups in total. The first-order chi connectivity index (χ1) is 7.19. The fourth-order valence-electron chi connectivity index (χ4n) is 1.14. The molecule has 0 fully saturated rings. The van der Waals surface area contributed by atoms with E-state index in [2.05, 4.69) is 0 Å². The summed E-state index contributed by atoms with van der Waals surface area (Å²) in [5.74, 6) is -8.75. The van der Waals surface area contributed by atoms with Crippen LogP contribution < -0.4 is 0 Å². The van der Waals surface area contributed by atoms with Crippen LogP contribution in [0.15, 0.2) is 6.07 Å². The van der Waals surface area contributed by atoms with Crippen LogP contribution in [-0.4, -0.2) is 11.1 Å². The molecule has 0 aromatic heterocycles. The van der Waals surface area contributed by atoms with Crippen LogP contribution in [0.5, 0.6) is 0 Å². The number of carboxylic acid groups (broad SMARTS) is 1. The molecule has 0 saturated carbocycles. The van der Waals surface area contributed by atoms with Crippen molar-refractivity contribution in [3.63, 3.8) is 0 Å². The van der Waals surface area contributed by atoms with Gasteiger partial charge in [-0.1, -0.05) is 0 Å². The number of carbonyl (C=O) groups is 1. The standard InChI is InChI=1S/C10H8F4O2/c1-10(2,9(15)16)4-3-5(11)7(13)8(14)6(4)12/h3H,1-2H3,(H,15,16). The number of carboxylic acids is 1. The van der Waals surface area contributed by atoms with Gasteiger partial charge in [0.05, 0.1) is 5.41 Å². The number of hydrogen-bond donors (Lipinski definition) is 1. The third-order valence-electron chi connectivity index (χ3n) is 2.31. The minimum absolute atomic E-state index is 0.349. The van der Waals surface area contributed by atoms with Gasteiger partial charge in [0.25, 0.3) is 0 Å². The maximum atomic E-state index is 13.3. The Balaban J connectivity index is 3.54. The normalized spacial score (nSPS) is 11.6. The Morgan fingerprint density at radius 3 is 2.06 bits per heavy atom. The van der Waals surface area contributed by atoms with E-state index in [-0.39, 0.29) is 0 Å². The fraction of sp³-hybridized carbons (Fsp3) is 0.300. The Morgan fingerprint density at radius 2 is 1.62 bits per heavy atom. The number of rotatable bonds is 2. The summed E-state index contributed by atoms with van der Waals surface area (Å²) in [7, 11) is 0. The van der Waals surface area contributed by atoms with E-state index in [1.807, 2.05) is 0 Å². The summed E-state index contributed by atoms with van der Waals surface area (Å²) in [5, 5.41) is 8.76. The van der Waals surface area contributed by atoms with Crippen LogP contribution in [-0.2, 0) is 10.2 Å². The highest BCUT2D eigenvalue weighted by atomic mass is 19.2. The van der Waals surface area contributed by atoms with Crippen molar-refractivity contribution in [2.45, 2.75) is 19.3 Å². The predicted molar refractivity (Wildman–Crippen MR) is 46.9 cm³/mol. The molecule has 16 heavy (non-hydrogen) atoms. The van der Waals surface area contributed by atoms with Crippen LogP contribution in [0.25, 0.3) is 0 Å². The van der Waals surface area contributed by atoms with Gasteiger partial charge in [-0.25, -0.2) is 17.6 Å². The average Bonchev–Trinajstić information content (AvgIpc) is 2.19. The van der Waals surface area contributed by atoms with E-state index in [0.29, 0.717) is 6.07 Å². The molecule has 6 heteroatoms. The van der Waals surface area contributed by atoms with Crippen LogP contribution >= 0.6 is 0 Å². The Kier molecular flexibility index (Phi) is 2.94. The van der Waals surface area contributed by atoms with E-state index in [1.165, 1.54) is 0 Å². The third kappa shape index (κ3) is 1.75. The van der Waals surface area contributed by atoms with Crippen LogP contribution in [0, 0.1) is 23.3 Å². The van der Waals surface area contributed by atoms with Crippen molar-refractivity contribution in [1.82, 2.24) is 0 Å². The first-order valence-electron chi connectivity index (χ1n) is 4.26. The van der Waals surface area contributed by atoms with Crippen molar-refractivity contribution in [3.8, 4) is 0 Å². The molecule has 0 atom stereocenters. The van der Waals surface area contributed by atoms with Gasteiger partial charge in [-0.2, -0.15) is 0 Å². The molecule has 0 radical (unpaired) electrons. The molecule has 0 aliphatic rings. The van der Waals surface area contributed by atoms with E-state index < -0.39 is 40.2 Å². The number of aliphatic carboxylic acids is 1. The van der Waals surface area contributed by atoms with E-state index >= 15 is 0 Å². The van der Waals surface area contributed by atoms with Gasteiger partial charge >= 0.3 is 5.97 Å². The Hall–Kier alpha value is -1.59. The lowest BCUT2D eigenvalue weighted by atomic mass is 9.84. The van der Waals surface area contributed by atoms with Crippen molar-refractivity contribution < 1.29 is 27.5 Å². The van der Waals surface area contributed by atoms with Gasteiger partial charge in [-0.3, -0.25) is 4.79 Å². The molecule has 0 saturated heterocycles. The zero-order valence-corrected chi connectivity index (χ0v) is 8.44. The van der Waals surface area contributed by atoms with Gasteiger partial charge in [-0.15, -0.1) is 0 Å². The highest BCUT2D eigenvalue weighted by Gasteiger charge is 2.35. The van der Waals surface area contributed by atoms with Crippen molar-refractivity contribution in [2.75, 3.05) is 0 Å². The van der Waals surface area contributed by atoms with Crippen molar-refractivity contribution >= 4 is 5.97 Å². The summed E-state index contributed by atoms with van der Waals surface area (Å²) in [6.07, 6.45) is 0. The average molecular weight is 236 g/mol. The SMILES string of the molecule is CC(C)(C(=O)O)c1cc(F)c(F)c(F)c1F. The summed E-state index contributed by atoms with van der Waals surface area (Å²) in [6.45, 7) is 2.12. The molecule has 0 aliphatic carbocycles. The van der Waals surface area contributed by atoms with Crippen molar-refractivity contribution in [2.24, 2.45) is 0 Å². The topological polar surface area (TPSA) is 37.3 Å².